The number of halogens is 1. The maximum absolute atomic E-state index is 12.8. The summed E-state index contributed by atoms with van der Waals surface area (Å²) in [4.78, 5) is 12.3. The van der Waals surface area contributed by atoms with Crippen molar-refractivity contribution in [1.82, 2.24) is 10.2 Å². The standard InChI is InChI=1S/C14H13FN2O/c1-3-13-12(8-9(2)16-17-13)14(18)10-4-6-11(15)7-5-10/h4-8H,3H2,1-2H3. The van der Waals surface area contributed by atoms with Gasteiger partial charge in [-0.15, -0.1) is 0 Å². The number of carbonyl (C=O) groups is 1. The molecule has 0 aliphatic carbocycles. The second-order valence-electron chi connectivity index (χ2n) is 4.04. The molecule has 0 amide bonds. The molecule has 0 radical (unpaired) electrons. The summed E-state index contributed by atoms with van der Waals surface area (Å²) in [5, 5.41) is 7.95. The molecule has 92 valence electrons. The fourth-order valence-electron chi connectivity index (χ4n) is 1.73. The van der Waals surface area contributed by atoms with Crippen LogP contribution in [0.15, 0.2) is 30.3 Å². The highest BCUT2D eigenvalue weighted by atomic mass is 19.1. The Morgan fingerprint density at radius 3 is 2.50 bits per heavy atom. The minimum absolute atomic E-state index is 0.148. The number of hydrogen-bond acceptors (Lipinski definition) is 3. The second kappa shape index (κ2) is 5.04. The Kier molecular flexibility index (Phi) is 3.46. The van der Waals surface area contributed by atoms with Crippen LogP contribution in [0, 0.1) is 12.7 Å². The van der Waals surface area contributed by atoms with Gasteiger partial charge in [-0.25, -0.2) is 4.39 Å². The molecule has 1 heterocycles. The van der Waals surface area contributed by atoms with Gasteiger partial charge in [0.25, 0.3) is 0 Å². The van der Waals surface area contributed by atoms with Gasteiger partial charge >= 0.3 is 0 Å². The van der Waals surface area contributed by atoms with Gasteiger partial charge in [-0.3, -0.25) is 4.79 Å². The SMILES string of the molecule is CCc1nnc(C)cc1C(=O)c1ccc(F)cc1. The van der Waals surface area contributed by atoms with E-state index >= 15 is 0 Å². The molecule has 2 rings (SSSR count). The van der Waals surface area contributed by atoms with Crippen molar-refractivity contribution >= 4 is 5.78 Å². The van der Waals surface area contributed by atoms with Gasteiger partial charge in [0.05, 0.1) is 11.4 Å². The first-order valence-corrected chi connectivity index (χ1v) is 5.75. The molecule has 0 unspecified atom stereocenters. The van der Waals surface area contributed by atoms with Crippen molar-refractivity contribution in [2.24, 2.45) is 0 Å². The average Bonchev–Trinajstić information content (AvgIpc) is 2.39. The fraction of sp³-hybridized carbons (Fsp3) is 0.214. The van der Waals surface area contributed by atoms with Crippen LogP contribution in [0.3, 0.4) is 0 Å². The van der Waals surface area contributed by atoms with Crippen LogP contribution in [0.1, 0.15) is 34.2 Å². The van der Waals surface area contributed by atoms with Crippen LogP contribution in [0.4, 0.5) is 4.39 Å². The summed E-state index contributed by atoms with van der Waals surface area (Å²) in [5.74, 6) is -0.504. The van der Waals surface area contributed by atoms with E-state index in [1.807, 2.05) is 6.92 Å². The Bertz CT molecular complexity index is 579. The number of hydrogen-bond donors (Lipinski definition) is 0. The summed E-state index contributed by atoms with van der Waals surface area (Å²) < 4.78 is 12.8. The smallest absolute Gasteiger partial charge is 0.194 e. The van der Waals surface area contributed by atoms with Crippen molar-refractivity contribution in [2.75, 3.05) is 0 Å². The normalized spacial score (nSPS) is 10.4. The van der Waals surface area contributed by atoms with Crippen molar-refractivity contribution in [3.05, 3.63) is 58.7 Å². The average molecular weight is 244 g/mol. The molecule has 0 aliphatic heterocycles. The van der Waals surface area contributed by atoms with Crippen molar-refractivity contribution in [2.45, 2.75) is 20.3 Å². The summed E-state index contributed by atoms with van der Waals surface area (Å²) in [6.45, 7) is 3.70. The van der Waals surface area contributed by atoms with Crippen LogP contribution in [-0.4, -0.2) is 16.0 Å². The first kappa shape index (κ1) is 12.4. The molecular weight excluding hydrogens is 231 g/mol. The lowest BCUT2D eigenvalue weighted by Crippen LogP contribution is -2.09. The van der Waals surface area contributed by atoms with E-state index in [9.17, 15) is 9.18 Å². The van der Waals surface area contributed by atoms with Crippen molar-refractivity contribution in [3.8, 4) is 0 Å². The number of carbonyl (C=O) groups excluding carboxylic acids is 1. The van der Waals surface area contributed by atoms with E-state index in [0.29, 0.717) is 28.9 Å². The molecule has 18 heavy (non-hydrogen) atoms. The van der Waals surface area contributed by atoms with Crippen LogP contribution < -0.4 is 0 Å². The Balaban J connectivity index is 2.45. The van der Waals surface area contributed by atoms with E-state index in [-0.39, 0.29) is 11.6 Å². The number of nitrogens with zero attached hydrogens (tertiary/aromatic N) is 2. The number of benzene rings is 1. The van der Waals surface area contributed by atoms with Gasteiger partial charge in [-0.2, -0.15) is 10.2 Å². The Hall–Kier alpha value is -2.10. The molecule has 1 aromatic heterocycles. The molecule has 0 fully saturated rings. The fourth-order valence-corrected chi connectivity index (χ4v) is 1.73. The predicted molar refractivity (Wildman–Crippen MR) is 66.0 cm³/mol. The van der Waals surface area contributed by atoms with E-state index in [2.05, 4.69) is 10.2 Å². The van der Waals surface area contributed by atoms with Gasteiger partial charge < -0.3 is 0 Å². The highest BCUT2D eigenvalue weighted by Gasteiger charge is 2.14. The van der Waals surface area contributed by atoms with E-state index < -0.39 is 0 Å². The van der Waals surface area contributed by atoms with E-state index in [4.69, 9.17) is 0 Å². The molecule has 2 aromatic rings. The molecule has 0 spiro atoms. The number of aryl methyl sites for hydroxylation is 2. The zero-order valence-electron chi connectivity index (χ0n) is 10.3. The van der Waals surface area contributed by atoms with Crippen molar-refractivity contribution < 1.29 is 9.18 Å². The van der Waals surface area contributed by atoms with Crippen LogP contribution >= 0.6 is 0 Å². The summed E-state index contributed by atoms with van der Waals surface area (Å²) in [6.07, 6.45) is 0.634. The predicted octanol–water partition coefficient (Wildman–Crippen LogP) is 2.72. The van der Waals surface area contributed by atoms with E-state index in [1.54, 1.807) is 13.0 Å². The van der Waals surface area contributed by atoms with Gasteiger partial charge in [0.1, 0.15) is 5.82 Å². The van der Waals surface area contributed by atoms with Gasteiger partial charge in [0.15, 0.2) is 5.78 Å². The Morgan fingerprint density at radius 1 is 1.22 bits per heavy atom. The van der Waals surface area contributed by atoms with Gasteiger partial charge in [-0.1, -0.05) is 6.92 Å². The molecule has 1 aromatic carbocycles. The maximum atomic E-state index is 12.8. The third kappa shape index (κ3) is 2.42. The third-order valence-electron chi connectivity index (χ3n) is 2.68. The van der Waals surface area contributed by atoms with Gasteiger partial charge in [-0.05, 0) is 43.7 Å². The minimum Gasteiger partial charge on any atom is -0.289 e. The van der Waals surface area contributed by atoms with Gasteiger partial charge in [0.2, 0.25) is 0 Å². The summed E-state index contributed by atoms with van der Waals surface area (Å²) >= 11 is 0. The van der Waals surface area contributed by atoms with Gasteiger partial charge in [0, 0.05) is 11.1 Å². The first-order chi connectivity index (χ1) is 8.61. The number of rotatable bonds is 3. The minimum atomic E-state index is -0.355. The first-order valence-electron chi connectivity index (χ1n) is 5.75. The summed E-state index contributed by atoms with van der Waals surface area (Å²) in [5.41, 5.74) is 2.35. The van der Waals surface area contributed by atoms with Crippen molar-refractivity contribution in [1.29, 1.82) is 0 Å². The summed E-state index contributed by atoms with van der Waals surface area (Å²) in [7, 11) is 0. The quantitative estimate of drug-likeness (QED) is 0.780. The summed E-state index contributed by atoms with van der Waals surface area (Å²) in [6, 6.07) is 7.23. The van der Waals surface area contributed by atoms with Crippen molar-refractivity contribution in [3.63, 3.8) is 0 Å². The zero-order chi connectivity index (χ0) is 13.1. The molecule has 0 saturated carbocycles. The largest absolute Gasteiger partial charge is 0.289 e. The zero-order valence-corrected chi connectivity index (χ0v) is 10.3. The molecule has 0 N–H and O–H groups in total. The lowest BCUT2D eigenvalue weighted by Gasteiger charge is -2.06. The molecule has 0 bridgehead atoms. The molecule has 0 saturated heterocycles. The molecule has 0 atom stereocenters. The second-order valence-corrected chi connectivity index (χ2v) is 4.04. The molecular formula is C14H13FN2O. The highest BCUT2D eigenvalue weighted by molar-refractivity contribution is 6.09. The lowest BCUT2D eigenvalue weighted by atomic mass is 10.0. The lowest BCUT2D eigenvalue weighted by molar-refractivity contribution is 0.103. The molecule has 3 nitrogen and oxygen atoms in total. The monoisotopic (exact) mass is 244 g/mol. The molecule has 0 aliphatic rings. The topological polar surface area (TPSA) is 42.9 Å². The van der Waals surface area contributed by atoms with Crippen LogP contribution in [0.25, 0.3) is 0 Å². The number of aromatic nitrogens is 2. The van der Waals surface area contributed by atoms with Crippen LogP contribution in [0.5, 0.6) is 0 Å². The Morgan fingerprint density at radius 2 is 1.89 bits per heavy atom. The van der Waals surface area contributed by atoms with Crippen LogP contribution in [-0.2, 0) is 6.42 Å². The number of ketones is 1. The van der Waals surface area contributed by atoms with Crippen LogP contribution in [0.2, 0.25) is 0 Å². The maximum Gasteiger partial charge on any atom is 0.194 e. The third-order valence-corrected chi connectivity index (χ3v) is 2.68. The van der Waals surface area contributed by atoms with E-state index in [0.717, 1.165) is 0 Å². The highest BCUT2D eigenvalue weighted by Crippen LogP contribution is 2.14. The molecule has 4 heteroatoms. The Labute approximate surface area is 105 Å². The van der Waals surface area contributed by atoms with E-state index in [1.165, 1.54) is 24.3 Å².